The topological polar surface area (TPSA) is 84.5 Å². The first kappa shape index (κ1) is 23.1. The molecule has 0 aliphatic heterocycles. The Morgan fingerprint density at radius 2 is 1.72 bits per heavy atom. The van der Waals surface area contributed by atoms with Crippen molar-refractivity contribution in [1.82, 2.24) is 5.32 Å². The van der Waals surface area contributed by atoms with E-state index in [9.17, 15) is 14.4 Å². The van der Waals surface area contributed by atoms with Gasteiger partial charge < -0.3 is 15.4 Å². The van der Waals surface area contributed by atoms with E-state index in [1.54, 1.807) is 18.2 Å². The summed E-state index contributed by atoms with van der Waals surface area (Å²) >= 11 is 13.4. The maximum Gasteiger partial charge on any atom is 0.329 e. The lowest BCUT2D eigenvalue weighted by Gasteiger charge is -2.16. The van der Waals surface area contributed by atoms with Crippen LogP contribution in [0.15, 0.2) is 42.5 Å². The van der Waals surface area contributed by atoms with E-state index in [4.69, 9.17) is 23.2 Å². The molecule has 29 heavy (non-hydrogen) atoms. The van der Waals surface area contributed by atoms with Crippen molar-refractivity contribution in [3.8, 4) is 0 Å². The molecule has 0 unspecified atom stereocenters. The van der Waals surface area contributed by atoms with Gasteiger partial charge in [-0.2, -0.15) is 0 Å². The highest BCUT2D eigenvalue weighted by Crippen LogP contribution is 2.33. The number of ether oxygens (including phenoxy) is 1. The second-order valence-electron chi connectivity index (χ2n) is 6.01. The summed E-state index contributed by atoms with van der Waals surface area (Å²) in [6.07, 6.45) is 0.115. The maximum atomic E-state index is 12.5. The van der Waals surface area contributed by atoms with E-state index in [1.807, 2.05) is 24.3 Å². The maximum absolute atomic E-state index is 12.5. The van der Waals surface area contributed by atoms with E-state index in [0.29, 0.717) is 21.4 Å². The van der Waals surface area contributed by atoms with Crippen LogP contribution in [-0.4, -0.2) is 35.9 Å². The van der Waals surface area contributed by atoms with Crippen molar-refractivity contribution >= 4 is 63.3 Å². The third-order valence-electron chi connectivity index (χ3n) is 3.85. The molecule has 1 amide bonds. The van der Waals surface area contributed by atoms with Crippen LogP contribution in [0.5, 0.6) is 0 Å². The highest BCUT2D eigenvalue weighted by molar-refractivity contribution is 8.13. The van der Waals surface area contributed by atoms with Crippen molar-refractivity contribution in [2.24, 2.45) is 0 Å². The standard InChI is InChI=1S/C20H20Cl2N2O4S/c1-12(25)23-17(20(27)28-2)11-29-18(26)10-13-6-3-4-9-16(13)24-19-14(21)7-5-8-15(19)22/h3-9,17,24H,10-11H2,1-2H3,(H,23,25)/t17-/m1/s1. The summed E-state index contributed by atoms with van der Waals surface area (Å²) in [5.41, 5.74) is 2.00. The fourth-order valence-corrected chi connectivity index (χ4v) is 3.81. The lowest BCUT2D eigenvalue weighted by molar-refractivity contribution is -0.144. The third kappa shape index (κ3) is 6.96. The molecule has 2 aromatic rings. The summed E-state index contributed by atoms with van der Waals surface area (Å²) in [7, 11) is 1.23. The lowest BCUT2D eigenvalue weighted by atomic mass is 10.1. The van der Waals surface area contributed by atoms with Crippen molar-refractivity contribution in [2.75, 3.05) is 18.2 Å². The van der Waals surface area contributed by atoms with Crippen LogP contribution in [-0.2, 0) is 25.5 Å². The predicted octanol–water partition coefficient (Wildman–Crippen LogP) is 4.22. The van der Waals surface area contributed by atoms with Gasteiger partial charge in [0.25, 0.3) is 0 Å². The Morgan fingerprint density at radius 1 is 1.07 bits per heavy atom. The Labute approximate surface area is 183 Å². The number of carbonyl (C=O) groups is 3. The zero-order valence-electron chi connectivity index (χ0n) is 15.8. The fourth-order valence-electron chi connectivity index (χ4n) is 2.49. The van der Waals surface area contributed by atoms with Gasteiger partial charge in [0.2, 0.25) is 5.91 Å². The molecule has 154 valence electrons. The third-order valence-corrected chi connectivity index (χ3v) is 5.45. The van der Waals surface area contributed by atoms with Crippen LogP contribution < -0.4 is 10.6 Å². The average molecular weight is 455 g/mol. The second kappa shape index (κ2) is 11.1. The van der Waals surface area contributed by atoms with E-state index in [0.717, 1.165) is 17.3 Å². The Morgan fingerprint density at radius 3 is 2.34 bits per heavy atom. The van der Waals surface area contributed by atoms with Crippen LogP contribution in [0.1, 0.15) is 12.5 Å². The number of benzene rings is 2. The molecule has 1 atom stereocenters. The van der Waals surface area contributed by atoms with Crippen LogP contribution in [0.25, 0.3) is 0 Å². The van der Waals surface area contributed by atoms with E-state index >= 15 is 0 Å². The molecule has 0 heterocycles. The summed E-state index contributed by atoms with van der Waals surface area (Å²) < 4.78 is 4.66. The van der Waals surface area contributed by atoms with E-state index in [1.165, 1.54) is 14.0 Å². The van der Waals surface area contributed by atoms with Crippen molar-refractivity contribution in [3.05, 3.63) is 58.1 Å². The van der Waals surface area contributed by atoms with Crippen LogP contribution in [0, 0.1) is 0 Å². The van der Waals surface area contributed by atoms with Crippen LogP contribution in [0.3, 0.4) is 0 Å². The number of rotatable bonds is 8. The number of carbonyl (C=O) groups excluding carboxylic acids is 3. The van der Waals surface area contributed by atoms with Gasteiger partial charge in [0.15, 0.2) is 5.12 Å². The molecule has 0 saturated carbocycles. The molecular formula is C20H20Cl2N2O4S. The number of halogens is 2. The van der Waals surface area contributed by atoms with Gasteiger partial charge in [-0.1, -0.05) is 59.2 Å². The number of nitrogens with one attached hydrogen (secondary N) is 2. The predicted molar refractivity (Wildman–Crippen MR) is 117 cm³/mol. The molecule has 0 fully saturated rings. The second-order valence-corrected chi connectivity index (χ2v) is 7.91. The van der Waals surface area contributed by atoms with Gasteiger partial charge in [-0.05, 0) is 23.8 Å². The monoisotopic (exact) mass is 454 g/mol. The summed E-state index contributed by atoms with van der Waals surface area (Å²) in [5, 5.41) is 6.42. The number of hydrogen-bond acceptors (Lipinski definition) is 6. The Balaban J connectivity index is 2.07. The molecule has 0 radical (unpaired) electrons. The van der Waals surface area contributed by atoms with Crippen LogP contribution >= 0.6 is 35.0 Å². The van der Waals surface area contributed by atoms with Crippen molar-refractivity contribution in [2.45, 2.75) is 19.4 Å². The minimum atomic E-state index is -0.887. The molecule has 0 aromatic heterocycles. The van der Waals surface area contributed by atoms with Gasteiger partial charge in [0, 0.05) is 24.8 Å². The average Bonchev–Trinajstić information content (AvgIpc) is 2.68. The molecule has 2 rings (SSSR count). The number of hydrogen-bond donors (Lipinski definition) is 2. The number of amides is 1. The minimum absolute atomic E-state index is 0.0804. The molecule has 2 N–H and O–H groups in total. The first-order valence-corrected chi connectivity index (χ1v) is 10.4. The van der Waals surface area contributed by atoms with Gasteiger partial charge in [0.05, 0.1) is 22.8 Å². The Hall–Kier alpha value is -2.22. The summed E-state index contributed by atoms with van der Waals surface area (Å²) in [6, 6.07) is 11.6. The first-order valence-electron chi connectivity index (χ1n) is 8.61. The van der Waals surface area contributed by atoms with Crippen molar-refractivity contribution in [1.29, 1.82) is 0 Å². The lowest BCUT2D eigenvalue weighted by Crippen LogP contribution is -2.42. The minimum Gasteiger partial charge on any atom is -0.467 e. The molecule has 0 aliphatic carbocycles. The number of anilines is 2. The molecule has 0 spiro atoms. The first-order chi connectivity index (χ1) is 13.8. The van der Waals surface area contributed by atoms with Gasteiger partial charge in [0.1, 0.15) is 6.04 Å². The van der Waals surface area contributed by atoms with E-state index < -0.39 is 12.0 Å². The quantitative estimate of drug-likeness (QED) is 0.580. The molecule has 0 aliphatic rings. The van der Waals surface area contributed by atoms with E-state index in [-0.39, 0.29) is 23.2 Å². The Kier molecular flexibility index (Phi) is 8.82. The summed E-state index contributed by atoms with van der Waals surface area (Å²) in [4.78, 5) is 35.5. The van der Waals surface area contributed by atoms with Gasteiger partial charge in [-0.25, -0.2) is 4.79 Å². The fraction of sp³-hybridized carbons (Fsp3) is 0.250. The van der Waals surface area contributed by atoms with Crippen molar-refractivity contribution in [3.63, 3.8) is 0 Å². The highest BCUT2D eigenvalue weighted by Gasteiger charge is 2.22. The molecule has 0 bridgehead atoms. The van der Waals surface area contributed by atoms with E-state index in [2.05, 4.69) is 15.4 Å². The zero-order chi connectivity index (χ0) is 21.4. The number of methoxy groups -OCH3 is 1. The number of thioether (sulfide) groups is 1. The van der Waals surface area contributed by atoms with Gasteiger partial charge in [-0.3, -0.25) is 9.59 Å². The summed E-state index contributed by atoms with van der Waals surface area (Å²) in [6.45, 7) is 1.30. The normalized spacial score (nSPS) is 11.4. The molecule has 6 nitrogen and oxygen atoms in total. The Bertz CT molecular complexity index is 888. The number of para-hydroxylation sites is 2. The zero-order valence-corrected chi connectivity index (χ0v) is 18.2. The van der Waals surface area contributed by atoms with Crippen LogP contribution in [0.4, 0.5) is 11.4 Å². The highest BCUT2D eigenvalue weighted by atomic mass is 35.5. The number of esters is 1. The summed E-state index contributed by atoms with van der Waals surface area (Å²) in [5.74, 6) is -0.896. The molecule has 2 aromatic carbocycles. The molecular weight excluding hydrogens is 435 g/mol. The van der Waals surface area contributed by atoms with Crippen molar-refractivity contribution < 1.29 is 19.1 Å². The smallest absolute Gasteiger partial charge is 0.329 e. The molecule has 0 saturated heterocycles. The van der Waals surface area contributed by atoms with Crippen LogP contribution in [0.2, 0.25) is 10.0 Å². The molecule has 9 heteroatoms. The van der Waals surface area contributed by atoms with Gasteiger partial charge >= 0.3 is 5.97 Å². The largest absolute Gasteiger partial charge is 0.467 e. The SMILES string of the molecule is COC(=O)[C@@H](CSC(=O)Cc1ccccc1Nc1c(Cl)cccc1Cl)NC(C)=O. The van der Waals surface area contributed by atoms with Gasteiger partial charge in [-0.15, -0.1) is 0 Å².